The lowest BCUT2D eigenvalue weighted by Crippen LogP contribution is -2.44. The van der Waals surface area contributed by atoms with Gasteiger partial charge < -0.3 is 10.2 Å². The van der Waals surface area contributed by atoms with Gasteiger partial charge in [0.2, 0.25) is 0 Å². The minimum atomic E-state index is 0.384. The Bertz CT molecular complexity index is 600. The van der Waals surface area contributed by atoms with Crippen LogP contribution in [0.25, 0.3) is 0 Å². The standard InChI is InChI=1S/C17H25N5S/c1-4-15(17-18-7-10-23-17)21-14-5-8-22(9-6-14)16-11-12(2)19-13(3)20-16/h7,10-11,14-15,21H,4-6,8-9H2,1-3H3. The quantitative estimate of drug-likeness (QED) is 0.911. The smallest absolute Gasteiger partial charge is 0.132 e. The van der Waals surface area contributed by atoms with Crippen molar-refractivity contribution >= 4 is 17.2 Å². The Morgan fingerprint density at radius 2 is 2.09 bits per heavy atom. The summed E-state index contributed by atoms with van der Waals surface area (Å²) in [6.07, 6.45) is 5.26. The van der Waals surface area contributed by atoms with Gasteiger partial charge in [-0.1, -0.05) is 6.92 Å². The molecule has 6 heteroatoms. The molecule has 5 nitrogen and oxygen atoms in total. The number of hydrogen-bond donors (Lipinski definition) is 1. The van der Waals surface area contributed by atoms with E-state index < -0.39 is 0 Å². The van der Waals surface area contributed by atoms with Crippen molar-refractivity contribution in [2.45, 2.75) is 52.1 Å². The van der Waals surface area contributed by atoms with Gasteiger partial charge in [-0.3, -0.25) is 0 Å². The Morgan fingerprint density at radius 1 is 1.30 bits per heavy atom. The second-order valence-electron chi connectivity index (χ2n) is 6.17. The van der Waals surface area contributed by atoms with Crippen molar-refractivity contribution in [2.24, 2.45) is 0 Å². The zero-order chi connectivity index (χ0) is 16.2. The van der Waals surface area contributed by atoms with Crippen molar-refractivity contribution in [3.8, 4) is 0 Å². The van der Waals surface area contributed by atoms with Crippen LogP contribution >= 0.6 is 11.3 Å². The van der Waals surface area contributed by atoms with Crippen LogP contribution in [0.1, 0.15) is 48.8 Å². The number of hydrogen-bond acceptors (Lipinski definition) is 6. The van der Waals surface area contributed by atoms with E-state index in [1.807, 2.05) is 20.0 Å². The van der Waals surface area contributed by atoms with Gasteiger partial charge in [-0.05, 0) is 33.1 Å². The van der Waals surface area contributed by atoms with Crippen LogP contribution < -0.4 is 10.2 Å². The lowest BCUT2D eigenvalue weighted by atomic mass is 10.0. The molecule has 2 aromatic rings. The molecule has 1 aliphatic heterocycles. The molecule has 3 heterocycles. The number of rotatable bonds is 5. The lowest BCUT2D eigenvalue weighted by molar-refractivity contribution is 0.363. The number of nitrogens with zero attached hydrogens (tertiary/aromatic N) is 4. The summed E-state index contributed by atoms with van der Waals surface area (Å²) in [5.41, 5.74) is 1.04. The van der Waals surface area contributed by atoms with E-state index in [1.165, 1.54) is 5.01 Å². The molecule has 2 aromatic heterocycles. The maximum absolute atomic E-state index is 4.59. The molecule has 1 fully saturated rings. The van der Waals surface area contributed by atoms with Gasteiger partial charge in [0.05, 0.1) is 6.04 Å². The number of nitrogens with one attached hydrogen (secondary N) is 1. The molecule has 23 heavy (non-hydrogen) atoms. The molecule has 0 saturated carbocycles. The minimum Gasteiger partial charge on any atom is -0.356 e. The van der Waals surface area contributed by atoms with Gasteiger partial charge in [0, 0.05) is 42.5 Å². The number of anilines is 1. The first-order valence-electron chi connectivity index (χ1n) is 8.38. The molecular formula is C17H25N5S. The SMILES string of the molecule is CCC(NC1CCN(c2cc(C)nc(C)n2)CC1)c1nccs1. The summed E-state index contributed by atoms with van der Waals surface area (Å²) in [4.78, 5) is 15.8. The highest BCUT2D eigenvalue weighted by Crippen LogP contribution is 2.23. The zero-order valence-corrected chi connectivity index (χ0v) is 14.9. The largest absolute Gasteiger partial charge is 0.356 e. The van der Waals surface area contributed by atoms with Crippen LogP contribution in [0.4, 0.5) is 5.82 Å². The van der Waals surface area contributed by atoms with Gasteiger partial charge in [0.1, 0.15) is 16.6 Å². The first-order valence-corrected chi connectivity index (χ1v) is 9.26. The van der Waals surface area contributed by atoms with Crippen molar-refractivity contribution < 1.29 is 0 Å². The van der Waals surface area contributed by atoms with Gasteiger partial charge in [-0.15, -0.1) is 11.3 Å². The summed E-state index contributed by atoms with van der Waals surface area (Å²) in [6, 6.07) is 3.03. The highest BCUT2D eigenvalue weighted by atomic mass is 32.1. The van der Waals surface area contributed by atoms with E-state index in [9.17, 15) is 0 Å². The van der Waals surface area contributed by atoms with Gasteiger partial charge in [-0.25, -0.2) is 15.0 Å². The van der Waals surface area contributed by atoms with Crippen LogP contribution in [0, 0.1) is 13.8 Å². The highest BCUT2D eigenvalue weighted by Gasteiger charge is 2.23. The van der Waals surface area contributed by atoms with E-state index in [0.29, 0.717) is 12.1 Å². The molecule has 1 saturated heterocycles. The summed E-state index contributed by atoms with van der Waals surface area (Å²) in [5, 5.41) is 7.05. The summed E-state index contributed by atoms with van der Waals surface area (Å²) >= 11 is 1.74. The fourth-order valence-corrected chi connectivity index (χ4v) is 3.97. The molecular weight excluding hydrogens is 306 g/mol. The summed E-state index contributed by atoms with van der Waals surface area (Å²) in [7, 11) is 0. The summed E-state index contributed by atoms with van der Waals surface area (Å²) in [5.74, 6) is 1.93. The molecule has 0 amide bonds. The van der Waals surface area contributed by atoms with E-state index in [-0.39, 0.29) is 0 Å². The second kappa shape index (κ2) is 7.36. The monoisotopic (exact) mass is 331 g/mol. The first-order chi connectivity index (χ1) is 11.2. The molecule has 1 N–H and O–H groups in total. The summed E-state index contributed by atoms with van der Waals surface area (Å²) in [6.45, 7) is 8.31. The Labute approximate surface area is 142 Å². The van der Waals surface area contributed by atoms with Crippen molar-refractivity contribution in [3.05, 3.63) is 34.2 Å². The number of aromatic nitrogens is 3. The van der Waals surface area contributed by atoms with E-state index in [2.05, 4.69) is 43.5 Å². The van der Waals surface area contributed by atoms with E-state index >= 15 is 0 Å². The zero-order valence-electron chi connectivity index (χ0n) is 14.1. The lowest BCUT2D eigenvalue weighted by Gasteiger charge is -2.35. The number of thiazole rings is 1. The average Bonchev–Trinajstić information content (AvgIpc) is 3.06. The molecule has 3 rings (SSSR count). The van der Waals surface area contributed by atoms with Crippen molar-refractivity contribution in [1.29, 1.82) is 0 Å². The van der Waals surface area contributed by atoms with Crippen molar-refractivity contribution in [3.63, 3.8) is 0 Å². The molecule has 0 bridgehead atoms. The number of piperidine rings is 1. The maximum Gasteiger partial charge on any atom is 0.132 e. The second-order valence-corrected chi connectivity index (χ2v) is 7.10. The van der Waals surface area contributed by atoms with E-state index in [4.69, 9.17) is 0 Å². The number of aryl methyl sites for hydroxylation is 2. The molecule has 124 valence electrons. The molecule has 0 radical (unpaired) electrons. The molecule has 1 atom stereocenters. The van der Waals surface area contributed by atoms with Crippen LogP contribution in [-0.4, -0.2) is 34.1 Å². The van der Waals surface area contributed by atoms with Gasteiger partial charge in [-0.2, -0.15) is 0 Å². The molecule has 1 aliphatic rings. The fraction of sp³-hybridized carbons (Fsp3) is 0.588. The van der Waals surface area contributed by atoms with E-state index in [1.54, 1.807) is 11.3 Å². The van der Waals surface area contributed by atoms with Gasteiger partial charge >= 0.3 is 0 Å². The highest BCUT2D eigenvalue weighted by molar-refractivity contribution is 7.09. The van der Waals surface area contributed by atoms with Crippen LogP contribution in [0.3, 0.4) is 0 Å². The van der Waals surface area contributed by atoms with Gasteiger partial charge in [0.15, 0.2) is 0 Å². The van der Waals surface area contributed by atoms with Crippen molar-refractivity contribution in [1.82, 2.24) is 20.3 Å². The van der Waals surface area contributed by atoms with Gasteiger partial charge in [0.25, 0.3) is 0 Å². The predicted molar refractivity (Wildman–Crippen MR) is 95.0 cm³/mol. The predicted octanol–water partition coefficient (Wildman–Crippen LogP) is 3.26. The van der Waals surface area contributed by atoms with Crippen LogP contribution in [0.15, 0.2) is 17.6 Å². The third-order valence-electron chi connectivity index (χ3n) is 4.37. The van der Waals surface area contributed by atoms with Crippen molar-refractivity contribution in [2.75, 3.05) is 18.0 Å². The Balaban J connectivity index is 1.58. The molecule has 1 unspecified atom stereocenters. The normalized spacial score (nSPS) is 17.4. The Morgan fingerprint density at radius 3 is 2.70 bits per heavy atom. The fourth-order valence-electron chi connectivity index (χ4n) is 3.19. The third-order valence-corrected chi connectivity index (χ3v) is 5.26. The van der Waals surface area contributed by atoms with Crippen LogP contribution in [0.2, 0.25) is 0 Å². The summed E-state index contributed by atoms with van der Waals surface area (Å²) < 4.78 is 0. The molecule has 0 aliphatic carbocycles. The topological polar surface area (TPSA) is 53.9 Å². The Hall–Kier alpha value is -1.53. The molecule has 0 aromatic carbocycles. The average molecular weight is 331 g/mol. The van der Waals surface area contributed by atoms with Crippen LogP contribution in [-0.2, 0) is 0 Å². The first kappa shape index (κ1) is 16.3. The molecule has 0 spiro atoms. The Kier molecular flexibility index (Phi) is 5.23. The maximum atomic E-state index is 4.59. The third kappa shape index (κ3) is 4.06. The van der Waals surface area contributed by atoms with Crippen LogP contribution in [0.5, 0.6) is 0 Å². The van der Waals surface area contributed by atoms with E-state index in [0.717, 1.165) is 49.7 Å². The minimum absolute atomic E-state index is 0.384.